The van der Waals surface area contributed by atoms with Gasteiger partial charge in [-0.2, -0.15) is 0 Å². The summed E-state index contributed by atoms with van der Waals surface area (Å²) < 4.78 is 6.49. The maximum atomic E-state index is 9.59. The Hall–Kier alpha value is -5.84. The SMILES string of the molecule is [C-]#[N+]/C(C#N)=C1C=C(/C=C/c2ccc(N(c3ccccc3)c3cccc4ccccc34)cc2)OC(C)(c2ccccc2)C/1. The van der Waals surface area contributed by atoms with Crippen molar-refractivity contribution in [1.82, 2.24) is 0 Å². The minimum Gasteiger partial charge on any atom is -0.483 e. The largest absolute Gasteiger partial charge is 0.483 e. The van der Waals surface area contributed by atoms with E-state index in [1.54, 1.807) is 0 Å². The van der Waals surface area contributed by atoms with Crippen LogP contribution >= 0.6 is 0 Å². The highest BCUT2D eigenvalue weighted by Gasteiger charge is 2.34. The molecule has 0 aliphatic carbocycles. The van der Waals surface area contributed by atoms with Gasteiger partial charge in [-0.1, -0.05) is 103 Å². The second-order valence-corrected chi connectivity index (χ2v) is 10.6. The standard InChI is InChI=1S/C39H29N3O/c1-39(32-14-5-3-6-15-32)27-31(37(28-40)41-2)26-35(43-39)25-22-29-20-23-34(24-21-29)42(33-16-7-4-8-17-33)38-19-11-13-30-12-9-10-18-36(30)38/h3-26H,27H2,1H3/b25-22+,37-31-. The Kier molecular flexibility index (Phi) is 7.60. The van der Waals surface area contributed by atoms with Gasteiger partial charge in [0.1, 0.15) is 11.4 Å². The van der Waals surface area contributed by atoms with Crippen molar-refractivity contribution in [3.8, 4) is 6.07 Å². The molecule has 4 nitrogen and oxygen atoms in total. The fourth-order valence-corrected chi connectivity index (χ4v) is 5.59. The maximum Gasteiger partial charge on any atom is 0.265 e. The molecule has 5 aromatic rings. The summed E-state index contributed by atoms with van der Waals surface area (Å²) in [6, 6.07) is 45.6. The molecule has 1 unspecified atom stereocenters. The average molecular weight is 556 g/mol. The van der Waals surface area contributed by atoms with Gasteiger partial charge < -0.3 is 9.64 Å². The molecule has 5 aromatic carbocycles. The molecule has 43 heavy (non-hydrogen) atoms. The molecule has 0 bridgehead atoms. The van der Waals surface area contributed by atoms with Crippen LogP contribution in [0.2, 0.25) is 0 Å². The summed E-state index contributed by atoms with van der Waals surface area (Å²) in [4.78, 5) is 5.75. The zero-order valence-electron chi connectivity index (χ0n) is 23.8. The number of anilines is 3. The fourth-order valence-electron chi connectivity index (χ4n) is 5.59. The van der Waals surface area contributed by atoms with Crippen LogP contribution in [-0.2, 0) is 10.3 Å². The Morgan fingerprint density at radius 2 is 1.47 bits per heavy atom. The highest BCUT2D eigenvalue weighted by molar-refractivity contribution is 5.98. The number of para-hydroxylation sites is 1. The van der Waals surface area contributed by atoms with E-state index in [4.69, 9.17) is 11.3 Å². The van der Waals surface area contributed by atoms with E-state index in [1.165, 1.54) is 10.8 Å². The van der Waals surface area contributed by atoms with Crippen LogP contribution in [-0.4, -0.2) is 0 Å². The van der Waals surface area contributed by atoms with Gasteiger partial charge in [0, 0.05) is 23.2 Å². The first-order valence-corrected chi connectivity index (χ1v) is 14.2. The highest BCUT2D eigenvalue weighted by Crippen LogP contribution is 2.41. The van der Waals surface area contributed by atoms with Gasteiger partial charge in [-0.25, -0.2) is 10.1 Å². The van der Waals surface area contributed by atoms with Crippen molar-refractivity contribution in [2.45, 2.75) is 18.9 Å². The van der Waals surface area contributed by atoms with E-state index in [2.05, 4.69) is 107 Å². The number of hydrogen-bond acceptors (Lipinski definition) is 3. The van der Waals surface area contributed by atoms with E-state index in [9.17, 15) is 5.26 Å². The molecular weight excluding hydrogens is 526 g/mol. The van der Waals surface area contributed by atoms with E-state index in [1.807, 2.05) is 61.5 Å². The topological polar surface area (TPSA) is 40.6 Å². The molecule has 4 heteroatoms. The molecule has 0 saturated carbocycles. The van der Waals surface area contributed by atoms with Crippen LogP contribution < -0.4 is 4.90 Å². The molecule has 1 atom stereocenters. The van der Waals surface area contributed by atoms with E-state index in [0.717, 1.165) is 28.2 Å². The third-order valence-corrected chi connectivity index (χ3v) is 7.71. The average Bonchev–Trinajstić information content (AvgIpc) is 3.06. The van der Waals surface area contributed by atoms with E-state index in [-0.39, 0.29) is 5.70 Å². The molecule has 206 valence electrons. The summed E-state index contributed by atoms with van der Waals surface area (Å²) in [6.07, 6.45) is 6.16. The number of benzene rings is 5. The molecule has 0 radical (unpaired) electrons. The van der Waals surface area contributed by atoms with Gasteiger partial charge in [0.2, 0.25) is 0 Å². The van der Waals surface area contributed by atoms with Crippen molar-refractivity contribution in [3.63, 3.8) is 0 Å². The second kappa shape index (κ2) is 12.0. The minimum atomic E-state index is -0.698. The predicted octanol–water partition coefficient (Wildman–Crippen LogP) is 10.2. The summed E-state index contributed by atoms with van der Waals surface area (Å²) in [6.45, 7) is 9.51. The van der Waals surface area contributed by atoms with Crippen LogP contribution in [0.3, 0.4) is 0 Å². The third kappa shape index (κ3) is 5.68. The Bertz CT molecular complexity index is 1920. The van der Waals surface area contributed by atoms with Gasteiger partial charge in [-0.15, -0.1) is 0 Å². The summed E-state index contributed by atoms with van der Waals surface area (Å²) >= 11 is 0. The first kappa shape index (κ1) is 27.3. The van der Waals surface area contributed by atoms with Crippen LogP contribution in [0.15, 0.2) is 157 Å². The number of ether oxygens (including phenoxy) is 1. The first-order valence-electron chi connectivity index (χ1n) is 14.2. The molecule has 0 aromatic heterocycles. The first-order chi connectivity index (χ1) is 21.1. The molecule has 1 aliphatic heterocycles. The van der Waals surface area contributed by atoms with E-state index in [0.29, 0.717) is 17.8 Å². The van der Waals surface area contributed by atoms with Crippen LogP contribution in [0, 0.1) is 17.9 Å². The number of allylic oxidation sites excluding steroid dienone is 3. The predicted molar refractivity (Wildman–Crippen MR) is 174 cm³/mol. The van der Waals surface area contributed by atoms with Crippen molar-refractivity contribution in [1.29, 1.82) is 5.26 Å². The molecule has 0 N–H and O–H groups in total. The Morgan fingerprint density at radius 3 is 2.19 bits per heavy atom. The quantitative estimate of drug-likeness (QED) is 0.155. The van der Waals surface area contributed by atoms with Crippen LogP contribution in [0.25, 0.3) is 21.7 Å². The maximum absolute atomic E-state index is 9.59. The normalized spacial score (nSPS) is 17.4. The fraction of sp³-hybridized carbons (Fsp3) is 0.0769. The Balaban J connectivity index is 1.34. The lowest BCUT2D eigenvalue weighted by atomic mass is 9.85. The van der Waals surface area contributed by atoms with Gasteiger partial charge in [-0.3, -0.25) is 0 Å². The molecule has 0 fully saturated rings. The van der Waals surface area contributed by atoms with Crippen LogP contribution in [0.4, 0.5) is 17.1 Å². The van der Waals surface area contributed by atoms with E-state index >= 15 is 0 Å². The molecule has 0 amide bonds. The highest BCUT2D eigenvalue weighted by atomic mass is 16.5. The summed E-state index contributed by atoms with van der Waals surface area (Å²) in [5.41, 5.74) is 5.31. The smallest absolute Gasteiger partial charge is 0.265 e. The Morgan fingerprint density at radius 1 is 0.814 bits per heavy atom. The number of nitrogens with zero attached hydrogens (tertiary/aromatic N) is 3. The Labute approximate surface area is 252 Å². The summed E-state index contributed by atoms with van der Waals surface area (Å²) in [7, 11) is 0. The van der Waals surface area contributed by atoms with Gasteiger partial charge in [0.25, 0.3) is 5.70 Å². The minimum absolute atomic E-state index is 0.0927. The molecular formula is C39H29N3O. The van der Waals surface area contributed by atoms with Crippen LogP contribution in [0.1, 0.15) is 24.5 Å². The molecule has 1 aliphatic rings. The van der Waals surface area contributed by atoms with Crippen molar-refractivity contribution in [2.75, 3.05) is 4.90 Å². The summed E-state index contributed by atoms with van der Waals surface area (Å²) in [5, 5.41) is 12.0. The third-order valence-electron chi connectivity index (χ3n) is 7.71. The van der Waals surface area contributed by atoms with Crippen LogP contribution in [0.5, 0.6) is 0 Å². The van der Waals surface area contributed by atoms with Gasteiger partial charge in [-0.05, 0) is 71.5 Å². The van der Waals surface area contributed by atoms with E-state index < -0.39 is 5.60 Å². The van der Waals surface area contributed by atoms with Crippen molar-refractivity contribution in [2.24, 2.45) is 0 Å². The molecule has 1 heterocycles. The van der Waals surface area contributed by atoms with Crippen molar-refractivity contribution < 1.29 is 4.74 Å². The van der Waals surface area contributed by atoms with Gasteiger partial charge in [0.15, 0.2) is 0 Å². The van der Waals surface area contributed by atoms with Gasteiger partial charge >= 0.3 is 0 Å². The zero-order chi connectivity index (χ0) is 29.6. The second-order valence-electron chi connectivity index (χ2n) is 10.6. The number of nitriles is 1. The number of hydrogen-bond donors (Lipinski definition) is 0. The zero-order valence-corrected chi connectivity index (χ0v) is 23.8. The lowest BCUT2D eigenvalue weighted by molar-refractivity contribution is 0.0143. The lowest BCUT2D eigenvalue weighted by Gasteiger charge is -2.36. The molecule has 0 spiro atoms. The number of rotatable bonds is 6. The van der Waals surface area contributed by atoms with Crippen molar-refractivity contribution >= 4 is 33.9 Å². The van der Waals surface area contributed by atoms with Gasteiger partial charge in [0.05, 0.1) is 18.3 Å². The monoisotopic (exact) mass is 555 g/mol. The van der Waals surface area contributed by atoms with Crippen molar-refractivity contribution in [3.05, 3.63) is 179 Å². The number of fused-ring (bicyclic) bond motifs is 1. The lowest BCUT2D eigenvalue weighted by Crippen LogP contribution is -2.29. The molecule has 0 saturated heterocycles. The molecule has 6 rings (SSSR count). The summed E-state index contributed by atoms with van der Waals surface area (Å²) in [5.74, 6) is 0.606.